The second-order valence-electron chi connectivity index (χ2n) is 7.36. The molecule has 0 spiro atoms. The number of esters is 2. The van der Waals surface area contributed by atoms with Gasteiger partial charge in [-0.15, -0.1) is 0 Å². The molecule has 0 atom stereocenters. The molecule has 0 heterocycles. The molecule has 0 aliphatic heterocycles. The van der Waals surface area contributed by atoms with Gasteiger partial charge in [-0.2, -0.15) is 0 Å². The van der Waals surface area contributed by atoms with Crippen LogP contribution in [-0.4, -0.2) is 19.0 Å². The van der Waals surface area contributed by atoms with Gasteiger partial charge in [0.05, 0.1) is 7.11 Å². The van der Waals surface area contributed by atoms with Gasteiger partial charge >= 0.3 is 11.9 Å². The number of carbonyl (C=O) groups excluding carboxylic acids is 2. The Bertz CT molecular complexity index is 1090. The normalized spacial score (nSPS) is 10.2. The van der Waals surface area contributed by atoms with E-state index in [9.17, 15) is 9.59 Å². The molecule has 6 heteroatoms. The third kappa shape index (κ3) is 5.89. The van der Waals surface area contributed by atoms with Crippen molar-refractivity contribution in [2.24, 2.45) is 0 Å². The van der Waals surface area contributed by atoms with Crippen molar-refractivity contribution in [3.05, 3.63) is 97.1 Å². The van der Waals surface area contributed by atoms with Crippen LogP contribution < -0.4 is 19.1 Å². The predicted octanol–water partition coefficient (Wildman–Crippen LogP) is 6.13. The first-order valence-corrected chi connectivity index (χ1v) is 10.2. The van der Waals surface area contributed by atoms with Gasteiger partial charge in [-0.1, -0.05) is 13.2 Å². The van der Waals surface area contributed by atoms with Gasteiger partial charge in [-0.05, 0) is 86.6 Å². The fraction of sp³-hybridized carbons (Fsp3) is 0.111. The van der Waals surface area contributed by atoms with Crippen LogP contribution in [0.1, 0.15) is 13.8 Å². The first-order chi connectivity index (χ1) is 15.8. The molecule has 0 radical (unpaired) electrons. The Morgan fingerprint density at radius 1 is 0.606 bits per heavy atom. The summed E-state index contributed by atoms with van der Waals surface area (Å²) in [6, 6.07) is 21.9. The molecule has 168 valence electrons. The van der Waals surface area contributed by atoms with Gasteiger partial charge in [0, 0.05) is 28.2 Å². The van der Waals surface area contributed by atoms with Crippen LogP contribution in [0.3, 0.4) is 0 Å². The monoisotopic (exact) mass is 443 g/mol. The summed E-state index contributed by atoms with van der Waals surface area (Å²) in [4.78, 5) is 25.6. The molecule has 0 amide bonds. The molecule has 33 heavy (non-hydrogen) atoms. The van der Waals surface area contributed by atoms with E-state index in [1.807, 2.05) is 53.4 Å². The first kappa shape index (κ1) is 23.3. The highest BCUT2D eigenvalue weighted by atomic mass is 16.5. The summed E-state index contributed by atoms with van der Waals surface area (Å²) < 4.78 is 15.9. The summed E-state index contributed by atoms with van der Waals surface area (Å²) in [5.41, 5.74) is 3.20. The summed E-state index contributed by atoms with van der Waals surface area (Å²) in [6.07, 6.45) is 0. The number of nitrogens with zero attached hydrogens (tertiary/aromatic N) is 1. The molecule has 0 aliphatic rings. The third-order valence-corrected chi connectivity index (χ3v) is 4.64. The Morgan fingerprint density at radius 2 is 0.909 bits per heavy atom. The number of ether oxygens (including phenoxy) is 3. The molecule has 3 aromatic rings. The van der Waals surface area contributed by atoms with Gasteiger partial charge in [0.1, 0.15) is 17.2 Å². The summed E-state index contributed by atoms with van der Waals surface area (Å²) in [6.45, 7) is 10.4. The van der Waals surface area contributed by atoms with Crippen molar-refractivity contribution < 1.29 is 23.8 Å². The molecule has 0 N–H and O–H groups in total. The fourth-order valence-electron chi connectivity index (χ4n) is 2.89. The maximum Gasteiger partial charge on any atom is 0.338 e. The van der Waals surface area contributed by atoms with Crippen LogP contribution in [0.5, 0.6) is 17.2 Å². The Kier molecular flexibility index (Phi) is 7.31. The Balaban J connectivity index is 1.94. The molecular weight excluding hydrogens is 418 g/mol. The minimum Gasteiger partial charge on any atom is -0.497 e. The topological polar surface area (TPSA) is 65.1 Å². The number of anilines is 3. The fourth-order valence-corrected chi connectivity index (χ4v) is 2.89. The van der Waals surface area contributed by atoms with E-state index < -0.39 is 11.9 Å². The van der Waals surface area contributed by atoms with E-state index in [1.165, 1.54) is 0 Å². The zero-order valence-corrected chi connectivity index (χ0v) is 18.8. The number of hydrogen-bond acceptors (Lipinski definition) is 6. The quantitative estimate of drug-likeness (QED) is 0.237. The smallest absolute Gasteiger partial charge is 0.338 e. The van der Waals surface area contributed by atoms with Gasteiger partial charge in [0.25, 0.3) is 0 Å². The SMILES string of the molecule is C=C(C)C(=O)Oc1ccc(N(c2ccc(OC)cc2)c2ccc(OC(=O)C(=C)C)cc2)cc1. The molecule has 3 rings (SSSR count). The van der Waals surface area contributed by atoms with Crippen molar-refractivity contribution in [1.29, 1.82) is 0 Å². The van der Waals surface area contributed by atoms with Crippen LogP contribution >= 0.6 is 0 Å². The molecule has 0 saturated heterocycles. The Labute approximate surface area is 193 Å². The number of carbonyl (C=O) groups is 2. The van der Waals surface area contributed by atoms with E-state index in [-0.39, 0.29) is 0 Å². The Hall–Kier alpha value is -4.32. The van der Waals surface area contributed by atoms with Gasteiger partial charge in [0.15, 0.2) is 0 Å². The van der Waals surface area contributed by atoms with Crippen LogP contribution in [0.4, 0.5) is 17.1 Å². The van der Waals surface area contributed by atoms with Crippen molar-refractivity contribution in [3.8, 4) is 17.2 Å². The molecular formula is C27H25NO5. The second kappa shape index (κ2) is 10.3. The van der Waals surface area contributed by atoms with Crippen molar-refractivity contribution in [3.63, 3.8) is 0 Å². The first-order valence-electron chi connectivity index (χ1n) is 10.2. The number of methoxy groups -OCH3 is 1. The molecule has 0 aromatic heterocycles. The summed E-state index contributed by atoms with van der Waals surface area (Å²) in [7, 11) is 1.61. The average molecular weight is 443 g/mol. The minimum atomic E-state index is -0.477. The van der Waals surface area contributed by atoms with Gasteiger partial charge in [-0.25, -0.2) is 9.59 Å². The van der Waals surface area contributed by atoms with Crippen molar-refractivity contribution in [1.82, 2.24) is 0 Å². The zero-order valence-electron chi connectivity index (χ0n) is 18.8. The molecule has 0 fully saturated rings. The molecule has 0 saturated carbocycles. The van der Waals surface area contributed by atoms with Crippen LogP contribution in [0, 0.1) is 0 Å². The van der Waals surface area contributed by atoms with Crippen molar-refractivity contribution >= 4 is 29.0 Å². The molecule has 0 aliphatic carbocycles. The maximum atomic E-state index is 11.8. The number of benzene rings is 3. The van der Waals surface area contributed by atoms with E-state index in [1.54, 1.807) is 45.2 Å². The van der Waals surface area contributed by atoms with E-state index in [4.69, 9.17) is 14.2 Å². The molecule has 0 unspecified atom stereocenters. The van der Waals surface area contributed by atoms with E-state index >= 15 is 0 Å². The maximum absolute atomic E-state index is 11.8. The second-order valence-corrected chi connectivity index (χ2v) is 7.36. The van der Waals surface area contributed by atoms with E-state index in [2.05, 4.69) is 13.2 Å². The van der Waals surface area contributed by atoms with Crippen LogP contribution in [-0.2, 0) is 9.59 Å². The summed E-state index contributed by atoms with van der Waals surface area (Å²) in [5.74, 6) is 0.624. The molecule has 3 aromatic carbocycles. The minimum absolute atomic E-state index is 0.325. The summed E-state index contributed by atoms with van der Waals surface area (Å²) >= 11 is 0. The lowest BCUT2D eigenvalue weighted by molar-refractivity contribution is -0.130. The van der Waals surface area contributed by atoms with Crippen LogP contribution in [0.25, 0.3) is 0 Å². The number of hydrogen-bond donors (Lipinski definition) is 0. The number of rotatable bonds is 8. The van der Waals surface area contributed by atoms with Crippen molar-refractivity contribution in [2.75, 3.05) is 12.0 Å². The van der Waals surface area contributed by atoms with Gasteiger partial charge in [-0.3, -0.25) is 0 Å². The largest absolute Gasteiger partial charge is 0.497 e. The molecule has 0 bridgehead atoms. The van der Waals surface area contributed by atoms with E-state index in [0.717, 1.165) is 22.8 Å². The highest BCUT2D eigenvalue weighted by Gasteiger charge is 2.14. The molecule has 6 nitrogen and oxygen atoms in total. The lowest BCUT2D eigenvalue weighted by Gasteiger charge is -2.26. The lowest BCUT2D eigenvalue weighted by Crippen LogP contribution is -2.11. The van der Waals surface area contributed by atoms with Crippen LogP contribution in [0.15, 0.2) is 97.1 Å². The highest BCUT2D eigenvalue weighted by Crippen LogP contribution is 2.36. The average Bonchev–Trinajstić information content (AvgIpc) is 2.81. The third-order valence-electron chi connectivity index (χ3n) is 4.64. The van der Waals surface area contributed by atoms with Gasteiger partial charge in [0.2, 0.25) is 0 Å². The standard InChI is InChI=1S/C27H25NO5/c1-18(2)26(29)32-24-14-8-21(9-15-24)28(20-6-12-23(31-5)13-7-20)22-10-16-25(17-11-22)33-27(30)19(3)4/h6-17H,1,3H2,2,4-5H3. The van der Waals surface area contributed by atoms with Gasteiger partial charge < -0.3 is 19.1 Å². The van der Waals surface area contributed by atoms with Crippen LogP contribution in [0.2, 0.25) is 0 Å². The Morgan fingerprint density at radius 3 is 1.18 bits per heavy atom. The van der Waals surface area contributed by atoms with Crippen molar-refractivity contribution in [2.45, 2.75) is 13.8 Å². The lowest BCUT2D eigenvalue weighted by atomic mass is 10.2. The predicted molar refractivity (Wildman–Crippen MR) is 129 cm³/mol. The van der Waals surface area contributed by atoms with E-state index in [0.29, 0.717) is 22.6 Å². The highest BCUT2D eigenvalue weighted by molar-refractivity contribution is 5.89. The zero-order chi connectivity index (χ0) is 24.0. The summed E-state index contributed by atoms with van der Waals surface area (Å²) in [5, 5.41) is 0.